The van der Waals surface area contributed by atoms with E-state index >= 15 is 0 Å². The number of halogens is 1. The lowest BCUT2D eigenvalue weighted by Crippen LogP contribution is -2.24. The Labute approximate surface area is 196 Å². The number of amides is 2. The molecule has 0 saturated heterocycles. The fraction of sp³-hybridized carbons (Fsp3) is 0.130. The maximum atomic E-state index is 12.5. The normalized spacial score (nSPS) is 13.0. The van der Waals surface area contributed by atoms with Crippen LogP contribution in [-0.4, -0.2) is 41.4 Å². The highest BCUT2D eigenvalue weighted by Crippen LogP contribution is 2.43. The first-order valence-electron chi connectivity index (χ1n) is 9.72. The molecule has 0 atom stereocenters. The molecular weight excluding hydrogens is 492 g/mol. The van der Waals surface area contributed by atoms with E-state index in [1.54, 1.807) is 31.2 Å². The van der Waals surface area contributed by atoms with Gasteiger partial charge in [0.25, 0.3) is 11.8 Å². The van der Waals surface area contributed by atoms with E-state index in [0.717, 1.165) is 4.90 Å². The van der Waals surface area contributed by atoms with E-state index in [1.165, 1.54) is 19.2 Å². The molecule has 33 heavy (non-hydrogen) atoms. The van der Waals surface area contributed by atoms with Crippen LogP contribution in [0.3, 0.4) is 0 Å². The Hall–Kier alpha value is -4.10. The molecule has 0 aromatic heterocycles. The fourth-order valence-corrected chi connectivity index (χ4v) is 4.20. The minimum Gasteiger partial charge on any atom is -0.505 e. The van der Waals surface area contributed by atoms with Crippen LogP contribution in [0.5, 0.6) is 5.75 Å². The van der Waals surface area contributed by atoms with E-state index in [1.807, 2.05) is 6.07 Å². The number of nitrogens with zero attached hydrogens (tertiary/aromatic N) is 4. The number of rotatable bonds is 4. The first-order chi connectivity index (χ1) is 15.8. The maximum absolute atomic E-state index is 12.5. The van der Waals surface area contributed by atoms with Crippen LogP contribution in [0.4, 0.5) is 11.4 Å². The van der Waals surface area contributed by atoms with Crippen LogP contribution >= 0.6 is 15.9 Å². The molecule has 1 aliphatic rings. The number of hydrogen-bond donors (Lipinski definition) is 1. The van der Waals surface area contributed by atoms with Gasteiger partial charge in [-0.3, -0.25) is 14.5 Å². The molecule has 1 N–H and O–H groups in total. The number of nitriles is 1. The second-order valence-corrected chi connectivity index (χ2v) is 7.85. The van der Waals surface area contributed by atoms with E-state index in [-0.39, 0.29) is 44.7 Å². The summed E-state index contributed by atoms with van der Waals surface area (Å²) in [6.07, 6.45) is 0. The average Bonchev–Trinajstić information content (AvgIpc) is 3.02. The van der Waals surface area contributed by atoms with Gasteiger partial charge in [-0.05, 0) is 40.4 Å². The van der Waals surface area contributed by atoms with Gasteiger partial charge in [-0.25, -0.2) is 4.79 Å². The monoisotopic (exact) mass is 506 g/mol. The Morgan fingerprint density at radius 1 is 1.18 bits per heavy atom. The zero-order chi connectivity index (χ0) is 23.9. The number of phenolic OH excluding ortho intramolecular Hbond substituents is 1. The minimum absolute atomic E-state index is 0.00571. The molecule has 0 radical (unpaired) electrons. The summed E-state index contributed by atoms with van der Waals surface area (Å²) in [5.41, 5.74) is 0.0866. The molecule has 2 amide bonds. The average molecular weight is 507 g/mol. The predicted octanol–water partition coefficient (Wildman–Crippen LogP) is 5.00. The molecule has 9 nitrogen and oxygen atoms in total. The smallest absolute Gasteiger partial charge is 0.342 e. The number of fused-ring (bicyclic) bond motifs is 2. The zero-order valence-electron chi connectivity index (χ0n) is 17.4. The van der Waals surface area contributed by atoms with Gasteiger partial charge in [0, 0.05) is 12.4 Å². The number of ether oxygens (including phenoxy) is 1. The van der Waals surface area contributed by atoms with Crippen molar-refractivity contribution in [2.75, 3.05) is 13.7 Å². The Bertz CT molecular complexity index is 1440. The number of benzene rings is 3. The van der Waals surface area contributed by atoms with Crippen LogP contribution in [0, 0.1) is 11.3 Å². The van der Waals surface area contributed by atoms with E-state index in [4.69, 9.17) is 4.74 Å². The van der Waals surface area contributed by atoms with Crippen LogP contribution in [0.15, 0.2) is 51.1 Å². The van der Waals surface area contributed by atoms with Gasteiger partial charge >= 0.3 is 5.97 Å². The van der Waals surface area contributed by atoms with Gasteiger partial charge < -0.3 is 9.84 Å². The summed E-state index contributed by atoms with van der Waals surface area (Å²) in [5.74, 6) is -2.22. The standard InChI is InChI=1S/C23H15BrN4O5/c1-3-33-23(32)15-8-11-6-4-5-7-13(11)19(20(15)29)27-26-18-12(10-25)9-14-16(17(18)24)22(31)28(2)21(14)30/h4-9,29H,3H2,1-2H3/b27-26+. The number of phenols is 1. The second-order valence-electron chi connectivity index (χ2n) is 7.05. The lowest BCUT2D eigenvalue weighted by Gasteiger charge is -2.10. The molecule has 0 saturated carbocycles. The summed E-state index contributed by atoms with van der Waals surface area (Å²) in [6.45, 7) is 1.77. The van der Waals surface area contributed by atoms with E-state index < -0.39 is 23.5 Å². The van der Waals surface area contributed by atoms with Gasteiger partial charge in [0.1, 0.15) is 23.0 Å². The number of imide groups is 1. The first kappa shape index (κ1) is 22.1. The van der Waals surface area contributed by atoms with Crippen molar-refractivity contribution >= 4 is 55.9 Å². The van der Waals surface area contributed by atoms with Crippen molar-refractivity contribution in [2.45, 2.75) is 6.92 Å². The highest BCUT2D eigenvalue weighted by atomic mass is 79.9. The van der Waals surface area contributed by atoms with Crippen molar-refractivity contribution in [1.82, 2.24) is 4.90 Å². The van der Waals surface area contributed by atoms with Crippen molar-refractivity contribution in [1.29, 1.82) is 5.26 Å². The summed E-state index contributed by atoms with van der Waals surface area (Å²) >= 11 is 3.28. The largest absolute Gasteiger partial charge is 0.505 e. The van der Waals surface area contributed by atoms with Crippen LogP contribution in [0.1, 0.15) is 43.6 Å². The third-order valence-corrected chi connectivity index (χ3v) is 5.93. The second kappa shape index (κ2) is 8.44. The summed E-state index contributed by atoms with van der Waals surface area (Å²) in [5, 5.41) is 29.8. The van der Waals surface area contributed by atoms with Gasteiger partial charge in [0.05, 0.1) is 27.8 Å². The minimum atomic E-state index is -0.722. The molecule has 0 fully saturated rings. The highest BCUT2D eigenvalue weighted by Gasteiger charge is 2.37. The molecule has 10 heteroatoms. The Kier molecular flexibility index (Phi) is 5.66. The maximum Gasteiger partial charge on any atom is 0.342 e. The Balaban J connectivity index is 1.93. The molecule has 0 bridgehead atoms. The fourth-order valence-electron chi connectivity index (χ4n) is 3.52. The van der Waals surface area contributed by atoms with Crippen molar-refractivity contribution < 1.29 is 24.2 Å². The van der Waals surface area contributed by atoms with Gasteiger partial charge in [-0.15, -0.1) is 10.2 Å². The summed E-state index contributed by atoms with van der Waals surface area (Å²) < 4.78 is 5.15. The summed E-state index contributed by atoms with van der Waals surface area (Å²) in [6, 6.07) is 11.7. The van der Waals surface area contributed by atoms with Crippen LogP contribution in [0.2, 0.25) is 0 Å². The van der Waals surface area contributed by atoms with Crippen LogP contribution < -0.4 is 0 Å². The molecule has 0 spiro atoms. The third-order valence-electron chi connectivity index (χ3n) is 5.16. The van der Waals surface area contributed by atoms with Crippen molar-refractivity contribution in [2.24, 2.45) is 10.2 Å². The van der Waals surface area contributed by atoms with Crippen LogP contribution in [-0.2, 0) is 4.74 Å². The quantitative estimate of drug-likeness (QED) is 0.300. The van der Waals surface area contributed by atoms with Crippen molar-refractivity contribution in [3.63, 3.8) is 0 Å². The van der Waals surface area contributed by atoms with E-state index in [9.17, 15) is 24.8 Å². The van der Waals surface area contributed by atoms with E-state index in [2.05, 4.69) is 26.2 Å². The summed E-state index contributed by atoms with van der Waals surface area (Å²) in [4.78, 5) is 38.1. The zero-order valence-corrected chi connectivity index (χ0v) is 19.0. The molecule has 3 aromatic rings. The number of carbonyl (C=O) groups is 3. The predicted molar refractivity (Wildman–Crippen MR) is 121 cm³/mol. The number of hydrogen-bond acceptors (Lipinski definition) is 8. The summed E-state index contributed by atoms with van der Waals surface area (Å²) in [7, 11) is 1.34. The number of esters is 1. The molecule has 3 aromatic carbocycles. The molecular formula is C23H15BrN4O5. The van der Waals surface area contributed by atoms with Gasteiger partial charge in [0.2, 0.25) is 0 Å². The van der Waals surface area contributed by atoms with Crippen molar-refractivity contribution in [3.8, 4) is 11.8 Å². The van der Waals surface area contributed by atoms with E-state index in [0.29, 0.717) is 10.8 Å². The third kappa shape index (κ3) is 3.52. The van der Waals surface area contributed by atoms with Gasteiger partial charge in [0.15, 0.2) is 5.75 Å². The SMILES string of the molecule is CCOC(=O)c1cc2ccccc2c(/N=N/c2c(C#N)cc3c(c2Br)C(=O)N(C)C3=O)c1O. The lowest BCUT2D eigenvalue weighted by atomic mass is 10.0. The molecule has 0 aliphatic carbocycles. The number of aromatic hydroxyl groups is 1. The molecule has 4 rings (SSSR count). The highest BCUT2D eigenvalue weighted by molar-refractivity contribution is 9.10. The molecule has 1 aliphatic heterocycles. The number of carbonyl (C=O) groups excluding carboxylic acids is 3. The van der Waals surface area contributed by atoms with Crippen molar-refractivity contribution in [3.05, 3.63) is 63.1 Å². The topological polar surface area (TPSA) is 132 Å². The first-order valence-corrected chi connectivity index (χ1v) is 10.5. The number of azo groups is 1. The molecule has 1 heterocycles. The van der Waals surface area contributed by atoms with Gasteiger partial charge in [-0.1, -0.05) is 24.3 Å². The molecule has 0 unspecified atom stereocenters. The Morgan fingerprint density at radius 2 is 1.88 bits per heavy atom. The molecule has 164 valence electrons. The Morgan fingerprint density at radius 3 is 2.58 bits per heavy atom. The van der Waals surface area contributed by atoms with Crippen LogP contribution in [0.25, 0.3) is 10.8 Å². The van der Waals surface area contributed by atoms with Gasteiger partial charge in [-0.2, -0.15) is 5.26 Å². The lowest BCUT2D eigenvalue weighted by molar-refractivity contribution is 0.0522.